The average molecular weight is 250 g/mol. The van der Waals surface area contributed by atoms with E-state index in [0.717, 1.165) is 0 Å². The van der Waals surface area contributed by atoms with Crippen molar-refractivity contribution in [2.45, 2.75) is 6.92 Å². The van der Waals surface area contributed by atoms with Crippen LogP contribution in [0.15, 0.2) is 6.07 Å². The molecule has 0 aliphatic carbocycles. The van der Waals surface area contributed by atoms with Crippen molar-refractivity contribution in [1.82, 2.24) is 5.32 Å². The van der Waals surface area contributed by atoms with Crippen LogP contribution in [0.3, 0.4) is 0 Å². The van der Waals surface area contributed by atoms with Gasteiger partial charge in [0.15, 0.2) is 23.3 Å². The van der Waals surface area contributed by atoms with Gasteiger partial charge < -0.3 is 10.6 Å². The Kier molecular flexibility index (Phi) is 4.30. The lowest BCUT2D eigenvalue weighted by Gasteiger charge is -2.09. The number of rotatable bonds is 4. The molecule has 2 N–H and O–H groups in total. The Bertz CT molecular complexity index is 411. The van der Waals surface area contributed by atoms with E-state index >= 15 is 0 Å². The number of carbonyl (C=O) groups is 1. The van der Waals surface area contributed by atoms with Gasteiger partial charge in [-0.3, -0.25) is 4.79 Å². The minimum atomic E-state index is -1.49. The molecule has 17 heavy (non-hydrogen) atoms. The summed E-state index contributed by atoms with van der Waals surface area (Å²) >= 11 is 0. The van der Waals surface area contributed by atoms with E-state index in [1.54, 1.807) is 0 Å². The zero-order valence-corrected chi connectivity index (χ0v) is 8.91. The van der Waals surface area contributed by atoms with Crippen molar-refractivity contribution >= 4 is 11.6 Å². The lowest BCUT2D eigenvalue weighted by atomic mass is 10.2. The maximum absolute atomic E-state index is 13.1. The van der Waals surface area contributed by atoms with Gasteiger partial charge in [-0.1, -0.05) is 0 Å². The van der Waals surface area contributed by atoms with Gasteiger partial charge in [-0.15, -0.1) is 0 Å². The van der Waals surface area contributed by atoms with Gasteiger partial charge in [-0.05, 0) is 0 Å². The Labute approximate surface area is 94.8 Å². The zero-order chi connectivity index (χ0) is 13.0. The molecular weight excluding hydrogens is 240 g/mol. The van der Waals surface area contributed by atoms with Crippen LogP contribution in [0.5, 0.6) is 0 Å². The van der Waals surface area contributed by atoms with Gasteiger partial charge in [0.05, 0.1) is 0 Å². The molecule has 0 fully saturated rings. The predicted molar refractivity (Wildman–Crippen MR) is 53.4 cm³/mol. The van der Waals surface area contributed by atoms with Crippen LogP contribution in [0.4, 0.5) is 23.2 Å². The van der Waals surface area contributed by atoms with E-state index in [4.69, 9.17) is 0 Å². The second kappa shape index (κ2) is 5.51. The summed E-state index contributed by atoms with van der Waals surface area (Å²) in [5.41, 5.74) is -0.882. The molecule has 0 saturated heterocycles. The molecule has 3 nitrogen and oxygen atoms in total. The molecule has 0 bridgehead atoms. The first-order valence-corrected chi connectivity index (χ1v) is 4.74. The number of carbonyl (C=O) groups excluding carboxylic acids is 1. The van der Waals surface area contributed by atoms with Crippen LogP contribution in [0.25, 0.3) is 0 Å². The van der Waals surface area contributed by atoms with Gasteiger partial charge in [-0.2, -0.15) is 0 Å². The first-order chi connectivity index (χ1) is 7.93. The number of nitrogens with one attached hydrogen (secondary N) is 2. The Hall–Kier alpha value is -1.79. The molecule has 1 aromatic carbocycles. The van der Waals surface area contributed by atoms with Crippen molar-refractivity contribution in [3.05, 3.63) is 29.3 Å². The van der Waals surface area contributed by atoms with E-state index in [1.165, 1.54) is 6.92 Å². The third-order valence-electron chi connectivity index (χ3n) is 1.91. The van der Waals surface area contributed by atoms with Crippen molar-refractivity contribution < 1.29 is 22.4 Å². The smallest absolute Gasteiger partial charge is 0.216 e. The van der Waals surface area contributed by atoms with Gasteiger partial charge in [-0.25, -0.2) is 17.6 Å². The lowest BCUT2D eigenvalue weighted by Crippen LogP contribution is -2.26. The molecular formula is C10H10F4N2O. The summed E-state index contributed by atoms with van der Waals surface area (Å²) in [6, 6.07) is 0.129. The number of amides is 1. The first-order valence-electron chi connectivity index (χ1n) is 4.74. The summed E-state index contributed by atoms with van der Waals surface area (Å²) < 4.78 is 51.7. The SMILES string of the molecule is CC(=O)NCCNc1c(F)c(F)cc(F)c1F. The number of anilines is 1. The van der Waals surface area contributed by atoms with Gasteiger partial charge >= 0.3 is 0 Å². The largest absolute Gasteiger partial charge is 0.378 e. The zero-order valence-electron chi connectivity index (χ0n) is 8.91. The first kappa shape index (κ1) is 13.3. The summed E-state index contributed by atoms with van der Waals surface area (Å²) in [5, 5.41) is 4.52. The minimum Gasteiger partial charge on any atom is -0.378 e. The normalized spacial score (nSPS) is 10.2. The van der Waals surface area contributed by atoms with Crippen LogP contribution in [0, 0.1) is 23.3 Å². The van der Waals surface area contributed by atoms with Gasteiger partial charge in [0.1, 0.15) is 5.69 Å². The Morgan fingerprint density at radius 3 is 2.12 bits per heavy atom. The third-order valence-corrected chi connectivity index (χ3v) is 1.91. The standard InChI is InChI=1S/C10H10F4N2O/c1-5(17)15-2-3-16-10-8(13)6(11)4-7(12)9(10)14/h4,16H,2-3H2,1H3,(H,15,17). The molecule has 0 unspecified atom stereocenters. The molecule has 0 aromatic heterocycles. The number of hydrogen-bond donors (Lipinski definition) is 2. The highest BCUT2D eigenvalue weighted by molar-refractivity contribution is 5.72. The molecule has 0 heterocycles. The van der Waals surface area contributed by atoms with Gasteiger partial charge in [0.25, 0.3) is 0 Å². The van der Waals surface area contributed by atoms with Crippen molar-refractivity contribution in [1.29, 1.82) is 0 Å². The molecule has 1 rings (SSSR count). The fourth-order valence-electron chi connectivity index (χ4n) is 1.15. The predicted octanol–water partition coefficient (Wildman–Crippen LogP) is 1.79. The molecule has 94 valence electrons. The third kappa shape index (κ3) is 3.33. The van der Waals surface area contributed by atoms with Crippen LogP contribution in [-0.2, 0) is 4.79 Å². The number of hydrogen-bond acceptors (Lipinski definition) is 2. The summed E-state index contributed by atoms with van der Waals surface area (Å²) in [5.74, 6) is -6.27. The summed E-state index contributed by atoms with van der Waals surface area (Å²) in [7, 11) is 0. The molecule has 7 heteroatoms. The molecule has 0 aliphatic rings. The maximum atomic E-state index is 13.1. The van der Waals surface area contributed by atoms with E-state index < -0.39 is 29.0 Å². The summed E-state index contributed by atoms with van der Waals surface area (Å²) in [6.45, 7) is 1.28. The van der Waals surface area contributed by atoms with Crippen molar-refractivity contribution in [3.8, 4) is 0 Å². The Balaban J connectivity index is 2.73. The highest BCUT2D eigenvalue weighted by Crippen LogP contribution is 2.23. The van der Waals surface area contributed by atoms with Crippen LogP contribution in [-0.4, -0.2) is 19.0 Å². The van der Waals surface area contributed by atoms with Crippen molar-refractivity contribution in [3.63, 3.8) is 0 Å². The van der Waals surface area contributed by atoms with Crippen LogP contribution in [0.1, 0.15) is 6.92 Å². The van der Waals surface area contributed by atoms with Crippen molar-refractivity contribution in [2.75, 3.05) is 18.4 Å². The molecule has 1 amide bonds. The molecule has 1 aromatic rings. The molecule has 0 spiro atoms. The highest BCUT2D eigenvalue weighted by atomic mass is 19.2. The highest BCUT2D eigenvalue weighted by Gasteiger charge is 2.18. The van der Waals surface area contributed by atoms with E-state index in [0.29, 0.717) is 0 Å². The van der Waals surface area contributed by atoms with E-state index in [2.05, 4.69) is 10.6 Å². The van der Waals surface area contributed by atoms with Gasteiger partial charge in [0, 0.05) is 26.1 Å². The maximum Gasteiger partial charge on any atom is 0.216 e. The lowest BCUT2D eigenvalue weighted by molar-refractivity contribution is -0.118. The number of halogens is 4. The van der Waals surface area contributed by atoms with E-state index in [9.17, 15) is 22.4 Å². The Morgan fingerprint density at radius 2 is 1.65 bits per heavy atom. The number of benzene rings is 1. The molecule has 0 saturated carbocycles. The van der Waals surface area contributed by atoms with Gasteiger partial charge in [0.2, 0.25) is 5.91 Å². The summed E-state index contributed by atoms with van der Waals surface area (Å²) in [6.07, 6.45) is 0. The molecule has 0 aliphatic heterocycles. The molecule has 0 atom stereocenters. The van der Waals surface area contributed by atoms with E-state index in [1.807, 2.05) is 0 Å². The summed E-state index contributed by atoms with van der Waals surface area (Å²) in [4.78, 5) is 10.5. The average Bonchev–Trinajstić information content (AvgIpc) is 2.25. The second-order valence-corrected chi connectivity index (χ2v) is 3.25. The molecule has 0 radical (unpaired) electrons. The van der Waals surface area contributed by atoms with Crippen LogP contribution >= 0.6 is 0 Å². The van der Waals surface area contributed by atoms with Crippen molar-refractivity contribution in [2.24, 2.45) is 0 Å². The quantitative estimate of drug-likeness (QED) is 0.486. The minimum absolute atomic E-state index is 0.0592. The van der Waals surface area contributed by atoms with E-state index in [-0.39, 0.29) is 25.1 Å². The second-order valence-electron chi connectivity index (χ2n) is 3.25. The topological polar surface area (TPSA) is 41.1 Å². The monoisotopic (exact) mass is 250 g/mol. The van der Waals surface area contributed by atoms with Crippen LogP contribution in [0.2, 0.25) is 0 Å². The fraction of sp³-hybridized carbons (Fsp3) is 0.300. The fourth-order valence-corrected chi connectivity index (χ4v) is 1.15. The Morgan fingerprint density at radius 1 is 1.12 bits per heavy atom. The van der Waals surface area contributed by atoms with Crippen LogP contribution < -0.4 is 10.6 Å².